The minimum atomic E-state index is -0.554. The van der Waals surface area contributed by atoms with Crippen LogP contribution < -0.4 is 0 Å². The van der Waals surface area contributed by atoms with E-state index in [9.17, 15) is 0 Å². The van der Waals surface area contributed by atoms with E-state index in [-0.39, 0.29) is 0 Å². The summed E-state index contributed by atoms with van der Waals surface area (Å²) < 4.78 is 9.86. The van der Waals surface area contributed by atoms with Crippen LogP contribution in [0.2, 0.25) is 0 Å². The summed E-state index contributed by atoms with van der Waals surface area (Å²) in [5, 5.41) is 0. The molecule has 0 N–H and O–H groups in total. The van der Waals surface area contributed by atoms with E-state index in [0.717, 1.165) is 6.16 Å². The molecule has 2 nitrogen and oxygen atoms in total. The van der Waals surface area contributed by atoms with Gasteiger partial charge in [0.05, 0.1) is 12.4 Å². The molecule has 0 fully saturated rings. The Hall–Kier alpha value is -0.0700. The van der Waals surface area contributed by atoms with Crippen LogP contribution in [-0.2, 0) is 9.05 Å². The molecule has 0 aromatic heterocycles. The maximum atomic E-state index is 4.96. The van der Waals surface area contributed by atoms with Crippen molar-refractivity contribution in [3.8, 4) is 0 Å². The predicted molar refractivity (Wildman–Crippen MR) is 29.0 cm³/mol. The number of hydrogen-bond acceptors (Lipinski definition) is 2. The van der Waals surface area contributed by atoms with Crippen molar-refractivity contribution >= 4 is 8.38 Å². The van der Waals surface area contributed by atoms with Gasteiger partial charge in [0.1, 0.15) is 0 Å². The molecule has 3 heteroatoms. The van der Waals surface area contributed by atoms with Crippen LogP contribution in [0.4, 0.5) is 0 Å². The van der Waals surface area contributed by atoms with E-state index in [1.807, 2.05) is 6.08 Å². The number of allylic oxidation sites excluding steroid dienone is 1. The van der Waals surface area contributed by atoms with Gasteiger partial charge in [0, 0.05) is 7.11 Å². The Morgan fingerprint density at radius 3 is 3.00 bits per heavy atom. The summed E-state index contributed by atoms with van der Waals surface area (Å²) in [5.74, 6) is 0. The molecule has 0 saturated heterocycles. The molecule has 40 valence electrons. The average Bonchev–Trinajstić information content (AvgIpc) is 2.14. The van der Waals surface area contributed by atoms with Crippen LogP contribution in [-0.4, -0.2) is 13.3 Å². The lowest BCUT2D eigenvalue weighted by molar-refractivity contribution is 0.380. The topological polar surface area (TPSA) is 18.5 Å². The lowest BCUT2D eigenvalue weighted by Gasteiger charge is -2.02. The van der Waals surface area contributed by atoms with Crippen molar-refractivity contribution in [3.05, 3.63) is 12.3 Å². The van der Waals surface area contributed by atoms with E-state index in [1.165, 1.54) is 0 Å². The third-order valence-corrected chi connectivity index (χ3v) is 2.01. The first-order valence-corrected chi connectivity index (χ1v) is 3.43. The summed E-state index contributed by atoms with van der Waals surface area (Å²) in [6.45, 7) is 0. The summed E-state index contributed by atoms with van der Waals surface area (Å²) in [5.41, 5.74) is 0. The third kappa shape index (κ3) is 1.15. The highest BCUT2D eigenvalue weighted by Crippen LogP contribution is 2.40. The second-order valence-electron chi connectivity index (χ2n) is 1.18. The number of hydrogen-bond donors (Lipinski definition) is 0. The zero-order chi connectivity index (χ0) is 5.11. The highest BCUT2D eigenvalue weighted by molar-refractivity contribution is 7.47. The highest BCUT2D eigenvalue weighted by Gasteiger charge is 2.08. The fraction of sp³-hybridized carbons (Fsp3) is 0.500. The van der Waals surface area contributed by atoms with Gasteiger partial charge in [0.15, 0.2) is 0 Å². The van der Waals surface area contributed by atoms with Crippen molar-refractivity contribution in [1.82, 2.24) is 0 Å². The third-order valence-electron chi connectivity index (χ3n) is 0.733. The van der Waals surface area contributed by atoms with Crippen LogP contribution in [0.15, 0.2) is 12.3 Å². The molecule has 1 rings (SSSR count). The molecule has 7 heavy (non-hydrogen) atoms. The molecule has 1 heterocycles. The van der Waals surface area contributed by atoms with E-state index in [1.54, 1.807) is 13.4 Å². The van der Waals surface area contributed by atoms with Gasteiger partial charge >= 0.3 is 0 Å². The fourth-order valence-electron chi connectivity index (χ4n) is 0.401. The van der Waals surface area contributed by atoms with Gasteiger partial charge in [-0.25, -0.2) is 0 Å². The van der Waals surface area contributed by atoms with E-state index in [2.05, 4.69) is 0 Å². The van der Waals surface area contributed by atoms with Gasteiger partial charge in [-0.2, -0.15) is 0 Å². The second kappa shape index (κ2) is 2.29. The smallest absolute Gasteiger partial charge is 0.233 e. The average molecular weight is 118 g/mol. The van der Waals surface area contributed by atoms with E-state index in [4.69, 9.17) is 9.05 Å². The Kier molecular flexibility index (Phi) is 1.66. The SMILES string of the molecule is COP1CC=CO1. The molecule has 0 bridgehead atoms. The zero-order valence-electron chi connectivity index (χ0n) is 4.13. The summed E-state index contributed by atoms with van der Waals surface area (Å²) in [6, 6.07) is 0. The van der Waals surface area contributed by atoms with Gasteiger partial charge in [-0.05, 0) is 6.08 Å². The molecule has 1 aliphatic rings. The maximum absolute atomic E-state index is 4.96. The van der Waals surface area contributed by atoms with Crippen molar-refractivity contribution < 1.29 is 9.05 Å². The van der Waals surface area contributed by atoms with Crippen LogP contribution in [0.5, 0.6) is 0 Å². The summed E-state index contributed by atoms with van der Waals surface area (Å²) in [7, 11) is 1.11. The first-order chi connectivity index (χ1) is 3.43. The standard InChI is InChI=1S/C4H7O2P/c1-5-7-4-2-3-6-7/h2-3H,4H2,1H3. The largest absolute Gasteiger partial charge is 0.455 e. The fourth-order valence-corrected chi connectivity index (χ4v) is 1.20. The van der Waals surface area contributed by atoms with Crippen LogP contribution in [0.1, 0.15) is 0 Å². The molecule has 1 unspecified atom stereocenters. The van der Waals surface area contributed by atoms with Gasteiger partial charge in [0.2, 0.25) is 8.38 Å². The van der Waals surface area contributed by atoms with Crippen LogP contribution in [0, 0.1) is 0 Å². The Labute approximate surface area is 44.0 Å². The monoisotopic (exact) mass is 118 g/mol. The molecule has 0 aromatic carbocycles. The molecule has 1 aliphatic heterocycles. The Bertz CT molecular complexity index is 73.8. The molecule has 0 saturated carbocycles. The molecule has 0 aliphatic carbocycles. The van der Waals surface area contributed by atoms with Crippen LogP contribution >= 0.6 is 8.38 Å². The second-order valence-corrected chi connectivity index (χ2v) is 2.78. The molecule has 0 amide bonds. The lowest BCUT2D eigenvalue weighted by Crippen LogP contribution is -1.75. The quantitative estimate of drug-likeness (QED) is 0.485. The highest BCUT2D eigenvalue weighted by atomic mass is 31.2. The van der Waals surface area contributed by atoms with E-state index >= 15 is 0 Å². The van der Waals surface area contributed by atoms with E-state index < -0.39 is 8.38 Å². The minimum absolute atomic E-state index is 0.554. The molecule has 0 radical (unpaired) electrons. The van der Waals surface area contributed by atoms with Gasteiger partial charge < -0.3 is 9.05 Å². The minimum Gasteiger partial charge on any atom is -0.455 e. The molecule has 1 atom stereocenters. The van der Waals surface area contributed by atoms with Crippen molar-refractivity contribution in [2.45, 2.75) is 0 Å². The normalized spacial score (nSPS) is 27.9. The van der Waals surface area contributed by atoms with Gasteiger partial charge in [0.25, 0.3) is 0 Å². The van der Waals surface area contributed by atoms with Gasteiger partial charge in [-0.15, -0.1) is 0 Å². The van der Waals surface area contributed by atoms with Crippen molar-refractivity contribution in [1.29, 1.82) is 0 Å². The number of rotatable bonds is 1. The summed E-state index contributed by atoms with van der Waals surface area (Å²) >= 11 is 0. The van der Waals surface area contributed by atoms with Gasteiger partial charge in [-0.1, -0.05) is 0 Å². The molecular weight excluding hydrogens is 111 g/mol. The van der Waals surface area contributed by atoms with E-state index in [0.29, 0.717) is 0 Å². The first kappa shape index (κ1) is 5.07. The lowest BCUT2D eigenvalue weighted by atomic mass is 10.7. The van der Waals surface area contributed by atoms with Crippen molar-refractivity contribution in [2.24, 2.45) is 0 Å². The van der Waals surface area contributed by atoms with Crippen LogP contribution in [0.25, 0.3) is 0 Å². The zero-order valence-corrected chi connectivity index (χ0v) is 5.02. The summed E-state index contributed by atoms with van der Waals surface area (Å²) in [6.07, 6.45) is 4.61. The van der Waals surface area contributed by atoms with Crippen molar-refractivity contribution in [2.75, 3.05) is 13.3 Å². The predicted octanol–water partition coefficient (Wildman–Crippen LogP) is 1.49. The Morgan fingerprint density at radius 1 is 1.86 bits per heavy atom. The maximum Gasteiger partial charge on any atom is 0.233 e. The molecule has 0 spiro atoms. The van der Waals surface area contributed by atoms with Crippen molar-refractivity contribution in [3.63, 3.8) is 0 Å². The van der Waals surface area contributed by atoms with Gasteiger partial charge in [-0.3, -0.25) is 0 Å². The van der Waals surface area contributed by atoms with Crippen LogP contribution in [0.3, 0.4) is 0 Å². The Balaban J connectivity index is 2.22. The Morgan fingerprint density at radius 2 is 2.71 bits per heavy atom. The molecule has 0 aromatic rings. The summed E-state index contributed by atoms with van der Waals surface area (Å²) in [4.78, 5) is 0. The molecular formula is C4H7O2P. The first-order valence-electron chi connectivity index (χ1n) is 2.07.